The van der Waals surface area contributed by atoms with Crippen LogP contribution in [0.2, 0.25) is 0 Å². The summed E-state index contributed by atoms with van der Waals surface area (Å²) in [7, 11) is 1.65. The Kier molecular flexibility index (Phi) is 6.48. The van der Waals surface area contributed by atoms with Gasteiger partial charge in [-0.1, -0.05) is 31.2 Å². The quantitative estimate of drug-likeness (QED) is 0.788. The van der Waals surface area contributed by atoms with E-state index in [1.165, 1.54) is 11.1 Å². The maximum atomic E-state index is 11.8. The van der Waals surface area contributed by atoms with Gasteiger partial charge in [0.05, 0.1) is 13.7 Å². The van der Waals surface area contributed by atoms with Gasteiger partial charge in [-0.05, 0) is 48.2 Å². The summed E-state index contributed by atoms with van der Waals surface area (Å²) in [6.45, 7) is 3.04. The molecule has 2 rings (SSSR count). The van der Waals surface area contributed by atoms with Gasteiger partial charge in [0.1, 0.15) is 5.75 Å². The number of benzene rings is 2. The molecule has 0 atom stereocenters. The first-order valence-corrected chi connectivity index (χ1v) is 7.93. The van der Waals surface area contributed by atoms with E-state index in [2.05, 4.69) is 29.7 Å². The van der Waals surface area contributed by atoms with Crippen LogP contribution in [0.3, 0.4) is 0 Å². The third-order valence-corrected chi connectivity index (χ3v) is 3.71. The molecule has 23 heavy (non-hydrogen) atoms. The molecular weight excluding hydrogens is 288 g/mol. The standard InChI is InChI=1S/C19H24N2O2/c1-3-15-4-8-17(9-5-15)21-14-19(22)20-13-12-16-6-10-18(23-2)11-7-16/h4-11,21H,3,12-14H2,1-2H3,(H,20,22). The maximum absolute atomic E-state index is 11.8. The van der Waals surface area contributed by atoms with Gasteiger partial charge in [0.2, 0.25) is 5.91 Å². The summed E-state index contributed by atoms with van der Waals surface area (Å²) in [5, 5.41) is 6.05. The Morgan fingerprint density at radius 1 is 1.00 bits per heavy atom. The van der Waals surface area contributed by atoms with Crippen molar-refractivity contribution >= 4 is 11.6 Å². The van der Waals surface area contributed by atoms with Gasteiger partial charge in [-0.15, -0.1) is 0 Å². The van der Waals surface area contributed by atoms with E-state index in [1.807, 2.05) is 36.4 Å². The lowest BCUT2D eigenvalue weighted by atomic mass is 10.1. The number of ether oxygens (including phenoxy) is 1. The molecule has 0 aliphatic carbocycles. The SMILES string of the molecule is CCc1ccc(NCC(=O)NCCc2ccc(OC)cc2)cc1. The van der Waals surface area contributed by atoms with Gasteiger partial charge in [0.25, 0.3) is 0 Å². The van der Waals surface area contributed by atoms with Gasteiger partial charge >= 0.3 is 0 Å². The average Bonchev–Trinajstić information content (AvgIpc) is 2.61. The highest BCUT2D eigenvalue weighted by molar-refractivity contribution is 5.80. The molecule has 0 spiro atoms. The molecule has 0 aliphatic rings. The van der Waals surface area contributed by atoms with E-state index in [1.54, 1.807) is 7.11 Å². The average molecular weight is 312 g/mol. The minimum absolute atomic E-state index is 0.00178. The molecular formula is C19H24N2O2. The summed E-state index contributed by atoms with van der Waals surface area (Å²) in [5.74, 6) is 0.842. The van der Waals surface area contributed by atoms with Gasteiger partial charge in [0.15, 0.2) is 0 Å². The first kappa shape index (κ1) is 16.9. The van der Waals surface area contributed by atoms with Gasteiger partial charge in [0, 0.05) is 12.2 Å². The molecule has 1 amide bonds. The highest BCUT2D eigenvalue weighted by Gasteiger charge is 2.01. The Hall–Kier alpha value is -2.49. The fraction of sp³-hybridized carbons (Fsp3) is 0.316. The lowest BCUT2D eigenvalue weighted by Gasteiger charge is -2.09. The first-order valence-electron chi connectivity index (χ1n) is 7.93. The van der Waals surface area contributed by atoms with Crippen LogP contribution in [0.4, 0.5) is 5.69 Å². The van der Waals surface area contributed by atoms with Crippen LogP contribution in [0.15, 0.2) is 48.5 Å². The molecule has 2 aromatic rings. The predicted molar refractivity (Wildman–Crippen MR) is 94.0 cm³/mol. The molecule has 0 bridgehead atoms. The van der Waals surface area contributed by atoms with Gasteiger partial charge in [-0.2, -0.15) is 0 Å². The van der Waals surface area contributed by atoms with Crippen molar-refractivity contribution in [2.45, 2.75) is 19.8 Å². The highest BCUT2D eigenvalue weighted by atomic mass is 16.5. The van der Waals surface area contributed by atoms with Crippen LogP contribution >= 0.6 is 0 Å². The minimum atomic E-state index is -0.00178. The summed E-state index contributed by atoms with van der Waals surface area (Å²) >= 11 is 0. The van der Waals surface area contributed by atoms with Crippen LogP contribution in [0.5, 0.6) is 5.75 Å². The third-order valence-electron chi connectivity index (χ3n) is 3.71. The van der Waals surface area contributed by atoms with Crippen molar-refractivity contribution in [2.24, 2.45) is 0 Å². The number of aryl methyl sites for hydroxylation is 1. The van der Waals surface area contributed by atoms with Gasteiger partial charge in [-0.3, -0.25) is 4.79 Å². The minimum Gasteiger partial charge on any atom is -0.497 e. The van der Waals surface area contributed by atoms with Crippen LogP contribution in [-0.2, 0) is 17.6 Å². The van der Waals surface area contributed by atoms with Crippen LogP contribution < -0.4 is 15.4 Å². The molecule has 0 saturated carbocycles. The van der Waals surface area contributed by atoms with Gasteiger partial charge in [-0.25, -0.2) is 0 Å². The van der Waals surface area contributed by atoms with Crippen molar-refractivity contribution in [3.05, 3.63) is 59.7 Å². The molecule has 0 heterocycles. The largest absolute Gasteiger partial charge is 0.497 e. The number of methoxy groups -OCH3 is 1. The number of rotatable bonds is 8. The van der Waals surface area contributed by atoms with E-state index in [-0.39, 0.29) is 12.5 Å². The Labute approximate surface area is 137 Å². The smallest absolute Gasteiger partial charge is 0.239 e. The summed E-state index contributed by atoms with van der Waals surface area (Å²) < 4.78 is 5.12. The van der Waals surface area contributed by atoms with Crippen molar-refractivity contribution < 1.29 is 9.53 Å². The summed E-state index contributed by atoms with van der Waals surface area (Å²) in [5.41, 5.74) is 3.43. The number of amides is 1. The summed E-state index contributed by atoms with van der Waals surface area (Å²) in [6.07, 6.45) is 1.83. The van der Waals surface area contributed by atoms with E-state index < -0.39 is 0 Å². The third kappa shape index (κ3) is 5.66. The molecule has 122 valence electrons. The lowest BCUT2D eigenvalue weighted by Crippen LogP contribution is -2.31. The Morgan fingerprint density at radius 3 is 2.26 bits per heavy atom. The van der Waals surface area contributed by atoms with Crippen LogP contribution in [-0.4, -0.2) is 26.1 Å². The lowest BCUT2D eigenvalue weighted by molar-refractivity contribution is -0.119. The number of hydrogen-bond donors (Lipinski definition) is 2. The van der Waals surface area contributed by atoms with E-state index in [0.717, 1.165) is 24.3 Å². The molecule has 0 aromatic heterocycles. The molecule has 2 N–H and O–H groups in total. The summed E-state index contributed by atoms with van der Waals surface area (Å²) in [4.78, 5) is 11.8. The van der Waals surface area contributed by atoms with E-state index in [9.17, 15) is 4.79 Å². The van der Waals surface area contributed by atoms with Crippen molar-refractivity contribution in [1.82, 2.24) is 5.32 Å². The number of anilines is 1. The Balaban J connectivity index is 1.67. The zero-order chi connectivity index (χ0) is 16.5. The molecule has 0 aliphatic heterocycles. The van der Waals surface area contributed by atoms with Crippen LogP contribution in [0, 0.1) is 0 Å². The first-order chi connectivity index (χ1) is 11.2. The fourth-order valence-electron chi connectivity index (χ4n) is 2.24. The normalized spacial score (nSPS) is 10.2. The van der Waals surface area contributed by atoms with Crippen molar-refractivity contribution in [1.29, 1.82) is 0 Å². The highest BCUT2D eigenvalue weighted by Crippen LogP contribution is 2.11. The summed E-state index contributed by atoms with van der Waals surface area (Å²) in [6, 6.07) is 16.0. The Morgan fingerprint density at radius 2 is 1.65 bits per heavy atom. The molecule has 0 fully saturated rings. The number of carbonyl (C=O) groups is 1. The van der Waals surface area contributed by atoms with Crippen LogP contribution in [0.25, 0.3) is 0 Å². The molecule has 0 radical (unpaired) electrons. The monoisotopic (exact) mass is 312 g/mol. The number of hydrogen-bond acceptors (Lipinski definition) is 3. The molecule has 0 unspecified atom stereocenters. The van der Waals surface area contributed by atoms with E-state index in [0.29, 0.717) is 6.54 Å². The zero-order valence-electron chi connectivity index (χ0n) is 13.8. The number of carbonyl (C=O) groups excluding carboxylic acids is 1. The predicted octanol–water partition coefficient (Wildman–Crippen LogP) is 3.03. The topological polar surface area (TPSA) is 50.4 Å². The second kappa shape index (κ2) is 8.83. The second-order valence-electron chi connectivity index (χ2n) is 5.35. The zero-order valence-corrected chi connectivity index (χ0v) is 13.8. The van der Waals surface area contributed by atoms with E-state index in [4.69, 9.17) is 4.74 Å². The second-order valence-corrected chi connectivity index (χ2v) is 5.35. The maximum Gasteiger partial charge on any atom is 0.239 e. The van der Waals surface area contributed by atoms with Crippen molar-refractivity contribution in [2.75, 3.05) is 25.5 Å². The van der Waals surface area contributed by atoms with Crippen molar-refractivity contribution in [3.8, 4) is 5.75 Å². The van der Waals surface area contributed by atoms with Crippen molar-refractivity contribution in [3.63, 3.8) is 0 Å². The molecule has 4 heteroatoms. The fourth-order valence-corrected chi connectivity index (χ4v) is 2.24. The van der Waals surface area contributed by atoms with Gasteiger partial charge < -0.3 is 15.4 Å². The molecule has 2 aromatic carbocycles. The van der Waals surface area contributed by atoms with E-state index >= 15 is 0 Å². The molecule has 4 nitrogen and oxygen atoms in total. The Bertz CT molecular complexity index is 606. The van der Waals surface area contributed by atoms with Crippen LogP contribution in [0.1, 0.15) is 18.1 Å². The number of nitrogens with one attached hydrogen (secondary N) is 2. The molecule has 0 saturated heterocycles.